The molecule has 0 spiro atoms. The molecule has 25 heavy (non-hydrogen) atoms. The molecular weight excluding hydrogens is 310 g/mol. The maximum Gasteiger partial charge on any atom is 0.253 e. The molecule has 4 nitrogen and oxygen atoms in total. The minimum absolute atomic E-state index is 0.135. The molecule has 1 saturated heterocycles. The summed E-state index contributed by atoms with van der Waals surface area (Å²) in [7, 11) is 0. The lowest BCUT2D eigenvalue weighted by Gasteiger charge is -2.20. The van der Waals surface area contributed by atoms with E-state index in [9.17, 15) is 4.79 Å². The first-order valence-electron chi connectivity index (χ1n) is 9.08. The Morgan fingerprint density at radius 2 is 1.68 bits per heavy atom. The molecule has 0 aliphatic carbocycles. The third kappa shape index (κ3) is 3.04. The Morgan fingerprint density at radius 1 is 0.960 bits per heavy atom. The van der Waals surface area contributed by atoms with Crippen LogP contribution in [0.2, 0.25) is 0 Å². The zero-order valence-electron chi connectivity index (χ0n) is 14.6. The molecule has 3 aromatic rings. The third-order valence-corrected chi connectivity index (χ3v) is 4.98. The number of aryl methyl sites for hydroxylation is 1. The maximum absolute atomic E-state index is 12.8. The van der Waals surface area contributed by atoms with Crippen molar-refractivity contribution in [3.63, 3.8) is 0 Å². The van der Waals surface area contributed by atoms with Gasteiger partial charge in [-0.3, -0.25) is 9.36 Å². The van der Waals surface area contributed by atoms with Gasteiger partial charge in [0, 0.05) is 24.3 Å². The molecule has 1 fully saturated rings. The van der Waals surface area contributed by atoms with Gasteiger partial charge < -0.3 is 4.90 Å². The fraction of sp³-hybridized carbons (Fsp3) is 0.333. The highest BCUT2D eigenvalue weighted by Gasteiger charge is 2.19. The quantitative estimate of drug-likeness (QED) is 0.699. The fourth-order valence-electron chi connectivity index (χ4n) is 3.69. The van der Waals surface area contributed by atoms with Crippen LogP contribution in [-0.4, -0.2) is 33.4 Å². The van der Waals surface area contributed by atoms with Crippen LogP contribution in [0.4, 0.5) is 0 Å². The number of rotatable bonds is 2. The van der Waals surface area contributed by atoms with Crippen LogP contribution in [0.15, 0.2) is 48.5 Å². The van der Waals surface area contributed by atoms with E-state index in [0.29, 0.717) is 0 Å². The zero-order valence-corrected chi connectivity index (χ0v) is 14.6. The molecular formula is C21H23N3O. The predicted octanol–water partition coefficient (Wildman–Crippen LogP) is 4.35. The number of carbonyl (C=O) groups excluding carboxylic acids is 1. The Labute approximate surface area is 148 Å². The van der Waals surface area contributed by atoms with Crippen molar-refractivity contribution >= 4 is 16.9 Å². The zero-order chi connectivity index (χ0) is 17.2. The predicted molar refractivity (Wildman–Crippen MR) is 100 cm³/mol. The number of fused-ring (bicyclic) bond motifs is 1. The van der Waals surface area contributed by atoms with E-state index in [-0.39, 0.29) is 5.91 Å². The summed E-state index contributed by atoms with van der Waals surface area (Å²) < 4.78 is 2.13. The average Bonchev–Trinajstić information content (AvgIpc) is 2.80. The van der Waals surface area contributed by atoms with Crippen LogP contribution in [0.25, 0.3) is 16.7 Å². The molecule has 128 valence electrons. The van der Waals surface area contributed by atoms with Crippen LogP contribution in [0.1, 0.15) is 41.9 Å². The Bertz CT molecular complexity index is 890. The highest BCUT2D eigenvalue weighted by Crippen LogP contribution is 2.23. The highest BCUT2D eigenvalue weighted by molar-refractivity contribution is 5.97. The largest absolute Gasteiger partial charge is 0.339 e. The van der Waals surface area contributed by atoms with Gasteiger partial charge in [-0.1, -0.05) is 31.0 Å². The molecule has 1 aromatic heterocycles. The second-order valence-corrected chi connectivity index (χ2v) is 6.74. The van der Waals surface area contributed by atoms with Gasteiger partial charge >= 0.3 is 0 Å². The topological polar surface area (TPSA) is 38.1 Å². The molecule has 0 N–H and O–H groups in total. The van der Waals surface area contributed by atoms with Crippen molar-refractivity contribution < 1.29 is 4.79 Å². The number of amides is 1. The van der Waals surface area contributed by atoms with Gasteiger partial charge in [-0.2, -0.15) is 0 Å². The van der Waals surface area contributed by atoms with E-state index in [1.54, 1.807) is 0 Å². The van der Waals surface area contributed by atoms with Crippen molar-refractivity contribution in [3.05, 3.63) is 59.9 Å². The number of likely N-dealkylation sites (tertiary alicyclic amines) is 1. The summed E-state index contributed by atoms with van der Waals surface area (Å²) in [5, 5.41) is 0. The fourth-order valence-corrected chi connectivity index (χ4v) is 3.69. The summed E-state index contributed by atoms with van der Waals surface area (Å²) in [5.41, 5.74) is 3.75. The van der Waals surface area contributed by atoms with Gasteiger partial charge in [-0.25, -0.2) is 4.98 Å². The summed E-state index contributed by atoms with van der Waals surface area (Å²) in [5.74, 6) is 1.07. The standard InChI is InChI=1S/C21H23N3O/c1-16-22-19-15-17(21(25)23-13-7-2-3-8-14-23)11-12-20(19)24(16)18-9-5-4-6-10-18/h4-6,9-12,15H,2-3,7-8,13-14H2,1H3. The number of hydrogen-bond acceptors (Lipinski definition) is 2. The Balaban J connectivity index is 1.71. The van der Waals surface area contributed by atoms with Gasteiger partial charge in [-0.05, 0) is 50.1 Å². The number of aromatic nitrogens is 2. The van der Waals surface area contributed by atoms with Crippen LogP contribution in [0.3, 0.4) is 0 Å². The summed E-state index contributed by atoms with van der Waals surface area (Å²) in [4.78, 5) is 19.5. The lowest BCUT2D eigenvalue weighted by Crippen LogP contribution is -2.31. The summed E-state index contributed by atoms with van der Waals surface area (Å²) in [6.45, 7) is 3.74. The van der Waals surface area contributed by atoms with Crippen LogP contribution >= 0.6 is 0 Å². The van der Waals surface area contributed by atoms with Crippen LogP contribution < -0.4 is 0 Å². The molecule has 4 heteroatoms. The monoisotopic (exact) mass is 333 g/mol. The molecule has 0 radical (unpaired) electrons. The molecule has 1 aliphatic rings. The number of benzene rings is 2. The smallest absolute Gasteiger partial charge is 0.253 e. The molecule has 0 saturated carbocycles. The number of hydrogen-bond donors (Lipinski definition) is 0. The minimum atomic E-state index is 0.135. The minimum Gasteiger partial charge on any atom is -0.339 e. The maximum atomic E-state index is 12.8. The molecule has 0 atom stereocenters. The number of para-hydroxylation sites is 1. The summed E-state index contributed by atoms with van der Waals surface area (Å²) >= 11 is 0. The van der Waals surface area contributed by atoms with Gasteiger partial charge in [0.15, 0.2) is 0 Å². The van der Waals surface area contributed by atoms with Gasteiger partial charge in [-0.15, -0.1) is 0 Å². The Hall–Kier alpha value is -2.62. The average molecular weight is 333 g/mol. The third-order valence-electron chi connectivity index (χ3n) is 4.98. The number of carbonyl (C=O) groups is 1. The first-order chi connectivity index (χ1) is 12.2. The molecule has 2 heterocycles. The number of nitrogens with zero attached hydrogens (tertiary/aromatic N) is 3. The van der Waals surface area contributed by atoms with Crippen LogP contribution in [0.5, 0.6) is 0 Å². The lowest BCUT2D eigenvalue weighted by atomic mass is 10.1. The first kappa shape index (κ1) is 15.9. The lowest BCUT2D eigenvalue weighted by molar-refractivity contribution is 0.0762. The van der Waals surface area contributed by atoms with E-state index < -0.39 is 0 Å². The van der Waals surface area contributed by atoms with Gasteiger partial charge in [0.2, 0.25) is 0 Å². The van der Waals surface area contributed by atoms with Gasteiger partial charge in [0.1, 0.15) is 5.82 Å². The van der Waals surface area contributed by atoms with Crippen molar-refractivity contribution in [2.24, 2.45) is 0 Å². The van der Waals surface area contributed by atoms with E-state index in [1.807, 2.05) is 48.2 Å². The summed E-state index contributed by atoms with van der Waals surface area (Å²) in [6.07, 6.45) is 4.67. The van der Waals surface area contributed by atoms with Crippen molar-refractivity contribution in [3.8, 4) is 5.69 Å². The molecule has 2 aromatic carbocycles. The van der Waals surface area contributed by atoms with E-state index in [2.05, 4.69) is 21.7 Å². The Morgan fingerprint density at radius 3 is 2.40 bits per heavy atom. The van der Waals surface area contributed by atoms with E-state index in [0.717, 1.165) is 54.0 Å². The SMILES string of the molecule is Cc1nc2cc(C(=O)N3CCCCCC3)ccc2n1-c1ccccc1. The van der Waals surface area contributed by atoms with Crippen molar-refractivity contribution in [2.45, 2.75) is 32.6 Å². The second-order valence-electron chi connectivity index (χ2n) is 6.74. The molecule has 0 bridgehead atoms. The van der Waals surface area contributed by atoms with Crippen LogP contribution in [0, 0.1) is 6.92 Å². The van der Waals surface area contributed by atoms with Crippen molar-refractivity contribution in [2.75, 3.05) is 13.1 Å². The van der Waals surface area contributed by atoms with E-state index >= 15 is 0 Å². The van der Waals surface area contributed by atoms with E-state index in [1.165, 1.54) is 12.8 Å². The highest BCUT2D eigenvalue weighted by atomic mass is 16.2. The Kier molecular flexibility index (Phi) is 4.26. The summed E-state index contributed by atoms with van der Waals surface area (Å²) in [6, 6.07) is 16.1. The molecule has 0 unspecified atom stereocenters. The molecule has 1 aliphatic heterocycles. The normalized spacial score (nSPS) is 15.3. The second kappa shape index (κ2) is 6.71. The number of imidazole rings is 1. The van der Waals surface area contributed by atoms with Crippen molar-refractivity contribution in [1.29, 1.82) is 0 Å². The molecule has 4 rings (SSSR count). The van der Waals surface area contributed by atoms with E-state index in [4.69, 9.17) is 0 Å². The first-order valence-corrected chi connectivity index (χ1v) is 9.08. The molecule has 1 amide bonds. The van der Waals surface area contributed by atoms with Gasteiger partial charge in [0.05, 0.1) is 11.0 Å². The van der Waals surface area contributed by atoms with Gasteiger partial charge in [0.25, 0.3) is 5.91 Å². The van der Waals surface area contributed by atoms with Crippen molar-refractivity contribution in [1.82, 2.24) is 14.5 Å². The van der Waals surface area contributed by atoms with Crippen LogP contribution in [-0.2, 0) is 0 Å².